The maximum atomic E-state index is 14.1. The van der Waals surface area contributed by atoms with Gasteiger partial charge < -0.3 is 14.6 Å². The van der Waals surface area contributed by atoms with E-state index in [2.05, 4.69) is 4.74 Å². The smallest absolute Gasteiger partial charge is 0.337 e. The molecule has 7 heteroatoms. The van der Waals surface area contributed by atoms with E-state index in [9.17, 15) is 18.4 Å². The summed E-state index contributed by atoms with van der Waals surface area (Å²) in [5, 5.41) is 8.78. The minimum Gasteiger partial charge on any atom is -0.490 e. The molecule has 2 aromatic carbocycles. The van der Waals surface area contributed by atoms with Crippen LogP contribution in [0.1, 0.15) is 26.3 Å². The second-order valence-electron chi connectivity index (χ2n) is 4.70. The first-order chi connectivity index (χ1) is 11.5. The number of ether oxygens (including phenoxy) is 2. The first-order valence-electron chi connectivity index (χ1n) is 6.94. The Bertz CT molecular complexity index is 756. The first-order valence-corrected chi connectivity index (χ1v) is 6.94. The van der Waals surface area contributed by atoms with E-state index in [1.165, 1.54) is 31.4 Å². The maximum absolute atomic E-state index is 14.1. The van der Waals surface area contributed by atoms with Crippen molar-refractivity contribution >= 4 is 11.8 Å². The van der Waals surface area contributed by atoms with E-state index in [1.54, 1.807) is 0 Å². The second kappa shape index (κ2) is 7.65. The third-order valence-electron chi connectivity index (χ3n) is 3.20. The van der Waals surface area contributed by atoms with Crippen LogP contribution >= 0.6 is 0 Å². The number of carbonyl (C=O) groups excluding carboxylic acids is 2. The van der Waals surface area contributed by atoms with Crippen LogP contribution in [0.25, 0.3) is 0 Å². The molecule has 2 rings (SSSR count). The van der Waals surface area contributed by atoms with E-state index in [4.69, 9.17) is 9.84 Å². The highest BCUT2D eigenvalue weighted by Gasteiger charge is 2.23. The van der Waals surface area contributed by atoms with Crippen LogP contribution in [0.15, 0.2) is 36.4 Å². The normalized spacial score (nSPS) is 10.3. The highest BCUT2D eigenvalue weighted by atomic mass is 19.2. The summed E-state index contributed by atoms with van der Waals surface area (Å²) in [6, 6.07) is 7.22. The second-order valence-corrected chi connectivity index (χ2v) is 4.70. The lowest BCUT2D eigenvalue weighted by Gasteiger charge is -2.11. The van der Waals surface area contributed by atoms with Crippen molar-refractivity contribution in [2.75, 3.05) is 20.3 Å². The topological polar surface area (TPSA) is 72.8 Å². The maximum Gasteiger partial charge on any atom is 0.337 e. The fourth-order valence-corrected chi connectivity index (χ4v) is 2.04. The van der Waals surface area contributed by atoms with Gasteiger partial charge >= 0.3 is 5.97 Å². The number of aliphatic hydroxyl groups excluding tert-OH is 1. The number of carbonyl (C=O) groups is 2. The van der Waals surface area contributed by atoms with Crippen molar-refractivity contribution in [1.82, 2.24) is 0 Å². The van der Waals surface area contributed by atoms with Crippen LogP contribution in [-0.2, 0) is 4.74 Å². The zero-order valence-electron chi connectivity index (χ0n) is 12.7. The molecule has 2 aromatic rings. The molecule has 1 N–H and O–H groups in total. The van der Waals surface area contributed by atoms with E-state index in [-0.39, 0.29) is 30.1 Å². The molecule has 5 nitrogen and oxygen atoms in total. The van der Waals surface area contributed by atoms with Gasteiger partial charge in [-0.25, -0.2) is 13.6 Å². The van der Waals surface area contributed by atoms with Gasteiger partial charge in [0.25, 0.3) is 0 Å². The van der Waals surface area contributed by atoms with Crippen molar-refractivity contribution in [3.8, 4) is 5.75 Å². The molecule has 0 radical (unpaired) electrons. The van der Waals surface area contributed by atoms with E-state index < -0.39 is 29.0 Å². The van der Waals surface area contributed by atoms with Crippen molar-refractivity contribution in [2.24, 2.45) is 0 Å². The molecule has 0 saturated heterocycles. The van der Waals surface area contributed by atoms with Crippen LogP contribution in [0.5, 0.6) is 5.75 Å². The molecule has 0 unspecified atom stereocenters. The number of aliphatic hydroxyl groups is 1. The molecule has 0 atom stereocenters. The number of rotatable bonds is 6. The molecule has 0 fully saturated rings. The molecule has 24 heavy (non-hydrogen) atoms. The average molecular weight is 336 g/mol. The molecular weight excluding hydrogens is 322 g/mol. The molecule has 0 aliphatic rings. The SMILES string of the molecule is COC(=O)c1ccc(C(=O)c2c(OCCO)ccc(F)c2F)cc1. The number of hydrogen-bond donors (Lipinski definition) is 1. The Hall–Kier alpha value is -2.80. The molecule has 0 aromatic heterocycles. The Morgan fingerprint density at radius 2 is 1.67 bits per heavy atom. The van der Waals surface area contributed by atoms with Gasteiger partial charge in [-0.15, -0.1) is 0 Å². The highest BCUT2D eigenvalue weighted by molar-refractivity contribution is 6.11. The summed E-state index contributed by atoms with van der Waals surface area (Å²) in [6.45, 7) is -0.521. The van der Waals surface area contributed by atoms with Gasteiger partial charge in [-0.3, -0.25) is 4.79 Å². The van der Waals surface area contributed by atoms with Gasteiger partial charge in [-0.1, -0.05) is 12.1 Å². The fraction of sp³-hybridized carbons (Fsp3) is 0.176. The summed E-state index contributed by atoms with van der Waals surface area (Å²) < 4.78 is 37.2. The first kappa shape index (κ1) is 17.6. The Labute approximate surface area is 136 Å². The summed E-state index contributed by atoms with van der Waals surface area (Å²) in [6.07, 6.45) is 0. The molecule has 0 spiro atoms. The molecule has 126 valence electrons. The molecule has 0 aliphatic heterocycles. The van der Waals surface area contributed by atoms with Gasteiger partial charge in [-0.2, -0.15) is 0 Å². The number of hydrogen-bond acceptors (Lipinski definition) is 5. The van der Waals surface area contributed by atoms with Gasteiger partial charge in [-0.05, 0) is 24.3 Å². The quantitative estimate of drug-likeness (QED) is 0.648. The predicted molar refractivity (Wildman–Crippen MR) is 80.2 cm³/mol. The van der Waals surface area contributed by atoms with Crippen molar-refractivity contribution < 1.29 is 33.0 Å². The third-order valence-corrected chi connectivity index (χ3v) is 3.20. The Morgan fingerprint density at radius 1 is 1.04 bits per heavy atom. The Morgan fingerprint density at radius 3 is 2.25 bits per heavy atom. The number of ketones is 1. The molecule has 0 aliphatic carbocycles. The third kappa shape index (κ3) is 3.57. The summed E-state index contributed by atoms with van der Waals surface area (Å²) in [5.41, 5.74) is -0.319. The van der Waals surface area contributed by atoms with Gasteiger partial charge in [0.15, 0.2) is 17.4 Å². The number of halogens is 2. The van der Waals surface area contributed by atoms with Crippen LogP contribution in [-0.4, -0.2) is 37.2 Å². The van der Waals surface area contributed by atoms with Gasteiger partial charge in [0, 0.05) is 5.56 Å². The zero-order chi connectivity index (χ0) is 17.7. The Balaban J connectivity index is 2.41. The van der Waals surface area contributed by atoms with Crippen LogP contribution in [0.2, 0.25) is 0 Å². The van der Waals surface area contributed by atoms with Crippen LogP contribution in [0.3, 0.4) is 0 Å². The highest BCUT2D eigenvalue weighted by Crippen LogP contribution is 2.27. The zero-order valence-corrected chi connectivity index (χ0v) is 12.7. The summed E-state index contributed by atoms with van der Waals surface area (Å²) in [5.74, 6) is -4.10. The number of esters is 1. The molecular formula is C17H14F2O5. The van der Waals surface area contributed by atoms with Crippen molar-refractivity contribution in [3.63, 3.8) is 0 Å². The molecule has 0 saturated carbocycles. The van der Waals surface area contributed by atoms with E-state index >= 15 is 0 Å². The number of methoxy groups -OCH3 is 1. The van der Waals surface area contributed by atoms with E-state index in [0.29, 0.717) is 0 Å². The standard InChI is InChI=1S/C17H14F2O5/c1-23-17(22)11-4-2-10(3-5-11)16(21)14-13(24-9-8-20)7-6-12(18)15(14)19/h2-7,20H,8-9H2,1H3. The summed E-state index contributed by atoms with van der Waals surface area (Å²) in [4.78, 5) is 23.9. The predicted octanol–water partition coefficient (Wildman–Crippen LogP) is 2.35. The van der Waals surface area contributed by atoms with Crippen molar-refractivity contribution in [1.29, 1.82) is 0 Å². The van der Waals surface area contributed by atoms with E-state index in [1.807, 2.05) is 0 Å². The summed E-state index contributed by atoms with van der Waals surface area (Å²) in [7, 11) is 1.22. The molecule has 0 bridgehead atoms. The van der Waals surface area contributed by atoms with Crippen LogP contribution in [0.4, 0.5) is 8.78 Å². The largest absolute Gasteiger partial charge is 0.490 e. The monoisotopic (exact) mass is 336 g/mol. The van der Waals surface area contributed by atoms with Crippen LogP contribution < -0.4 is 4.74 Å². The van der Waals surface area contributed by atoms with Gasteiger partial charge in [0.1, 0.15) is 17.9 Å². The Kier molecular flexibility index (Phi) is 5.59. The number of benzene rings is 2. The van der Waals surface area contributed by atoms with Gasteiger partial charge in [0.05, 0.1) is 19.3 Å². The minimum absolute atomic E-state index is 0.0426. The lowest BCUT2D eigenvalue weighted by molar-refractivity contribution is 0.0600. The summed E-state index contributed by atoms with van der Waals surface area (Å²) >= 11 is 0. The van der Waals surface area contributed by atoms with Crippen molar-refractivity contribution in [2.45, 2.75) is 0 Å². The van der Waals surface area contributed by atoms with E-state index in [0.717, 1.165) is 12.1 Å². The lowest BCUT2D eigenvalue weighted by atomic mass is 10.0. The lowest BCUT2D eigenvalue weighted by Crippen LogP contribution is -2.12. The van der Waals surface area contributed by atoms with Gasteiger partial charge in [0.2, 0.25) is 0 Å². The average Bonchev–Trinajstić information content (AvgIpc) is 2.61. The molecule has 0 amide bonds. The van der Waals surface area contributed by atoms with Crippen molar-refractivity contribution in [3.05, 3.63) is 64.7 Å². The van der Waals surface area contributed by atoms with Crippen LogP contribution in [0, 0.1) is 11.6 Å². The molecule has 0 heterocycles. The minimum atomic E-state index is -1.34. The fourth-order valence-electron chi connectivity index (χ4n) is 2.04.